The van der Waals surface area contributed by atoms with Crippen LogP contribution in [0, 0.1) is 6.92 Å². The largest absolute Gasteiger partial charge is 0.494 e. The summed E-state index contributed by atoms with van der Waals surface area (Å²) in [5.74, 6) is 0.359. The summed E-state index contributed by atoms with van der Waals surface area (Å²) in [7, 11) is 1.44. The Balaban J connectivity index is 1.28. The van der Waals surface area contributed by atoms with Gasteiger partial charge in [-0.05, 0) is 74.2 Å². The first-order chi connectivity index (χ1) is 20.9. The Labute approximate surface area is 251 Å². The van der Waals surface area contributed by atoms with Crippen LogP contribution in [0.3, 0.4) is 0 Å². The maximum Gasteiger partial charge on any atom is 0.254 e. The van der Waals surface area contributed by atoms with E-state index >= 15 is 0 Å². The Morgan fingerprint density at radius 1 is 1.26 bits per heavy atom. The number of methoxy groups -OCH3 is 1. The highest BCUT2D eigenvalue weighted by atomic mass is 19.1. The molecule has 3 aliphatic rings. The summed E-state index contributed by atoms with van der Waals surface area (Å²) in [5.41, 5.74) is 3.55. The average Bonchev–Trinajstić information content (AvgIpc) is 3.49. The van der Waals surface area contributed by atoms with E-state index in [1.54, 1.807) is 18.5 Å². The fourth-order valence-electron chi connectivity index (χ4n) is 5.63. The highest BCUT2D eigenvalue weighted by Gasteiger charge is 2.31. The zero-order chi connectivity index (χ0) is 30.3. The van der Waals surface area contributed by atoms with Crippen LogP contribution in [0.4, 0.5) is 15.9 Å². The Morgan fingerprint density at radius 3 is 2.74 bits per heavy atom. The Kier molecular flexibility index (Phi) is 9.51. The number of nitrogens with zero attached hydrogens (tertiary/aromatic N) is 5. The summed E-state index contributed by atoms with van der Waals surface area (Å²) >= 11 is 0. The molecule has 2 N–H and O–H groups in total. The van der Waals surface area contributed by atoms with Crippen molar-refractivity contribution in [3.8, 4) is 0 Å². The Hall–Kier alpha value is -4.51. The fourth-order valence-corrected chi connectivity index (χ4v) is 5.63. The number of carbonyl (C=O) groups excluding carboxylic acids is 2. The molecule has 5 rings (SSSR count). The van der Waals surface area contributed by atoms with E-state index in [-0.39, 0.29) is 23.6 Å². The van der Waals surface area contributed by atoms with Gasteiger partial charge in [-0.3, -0.25) is 9.59 Å². The van der Waals surface area contributed by atoms with Crippen molar-refractivity contribution in [2.45, 2.75) is 38.8 Å². The molecule has 0 unspecified atom stereocenters. The number of nitrogens with one attached hydrogen (secondary N) is 2. The van der Waals surface area contributed by atoms with Crippen molar-refractivity contribution in [1.82, 2.24) is 24.7 Å². The lowest BCUT2D eigenvalue weighted by Crippen LogP contribution is -2.54. The molecular weight excluding hydrogens is 549 g/mol. The third-order valence-corrected chi connectivity index (χ3v) is 7.91. The molecule has 0 bridgehead atoms. The van der Waals surface area contributed by atoms with E-state index in [0.717, 1.165) is 36.2 Å². The molecule has 1 aromatic carbocycles. The van der Waals surface area contributed by atoms with Crippen LogP contribution < -0.4 is 16.1 Å². The topological polar surface area (TPSA) is 104 Å². The van der Waals surface area contributed by atoms with Gasteiger partial charge in [0, 0.05) is 62.6 Å². The third kappa shape index (κ3) is 6.94. The molecule has 2 aromatic rings. The maximum atomic E-state index is 14.5. The van der Waals surface area contributed by atoms with Crippen LogP contribution in [0.5, 0.6) is 0 Å². The number of carbonyl (C=O) groups is 2. The van der Waals surface area contributed by atoms with Crippen LogP contribution in [0.25, 0.3) is 0 Å². The van der Waals surface area contributed by atoms with Gasteiger partial charge in [0.2, 0.25) is 5.91 Å². The van der Waals surface area contributed by atoms with Crippen molar-refractivity contribution in [3.63, 3.8) is 0 Å². The number of aryl methyl sites for hydroxylation is 1. The van der Waals surface area contributed by atoms with Gasteiger partial charge in [-0.15, -0.1) is 0 Å². The second-order valence-corrected chi connectivity index (χ2v) is 10.8. The maximum absolute atomic E-state index is 14.5. The lowest BCUT2D eigenvalue weighted by atomic mass is 10.1. The molecule has 0 radical (unpaired) electrons. The van der Waals surface area contributed by atoms with E-state index in [9.17, 15) is 14.0 Å². The average molecular weight is 588 g/mol. The molecule has 10 nitrogen and oxygen atoms in total. The molecule has 2 amide bonds. The summed E-state index contributed by atoms with van der Waals surface area (Å²) in [6.45, 7) is 9.03. The Bertz CT molecular complexity index is 1540. The highest BCUT2D eigenvalue weighted by molar-refractivity contribution is 5.96. The number of piperazine rings is 1. The van der Waals surface area contributed by atoms with Crippen molar-refractivity contribution in [3.05, 3.63) is 95.4 Å². The molecule has 2 saturated heterocycles. The van der Waals surface area contributed by atoms with Gasteiger partial charge in [0.15, 0.2) is 22.9 Å². The minimum absolute atomic E-state index is 0.0446. The number of rotatable bonds is 8. The van der Waals surface area contributed by atoms with E-state index < -0.39 is 5.83 Å². The lowest BCUT2D eigenvalue weighted by Gasteiger charge is -2.36. The number of ether oxygens (including phenoxy) is 1. The number of aromatic nitrogens is 2. The van der Waals surface area contributed by atoms with Crippen LogP contribution in [0.2, 0.25) is 0 Å². The van der Waals surface area contributed by atoms with E-state index in [1.165, 1.54) is 19.4 Å². The summed E-state index contributed by atoms with van der Waals surface area (Å²) in [6.07, 6.45) is 12.3. The molecule has 1 atom stereocenters. The standard InChI is InChI=1S/C32H38FN7O3/c1-4-34-30-29(36-13-14-40(30)21-23-7-5-9-28(43-3)26(33)20-23)37-24-10-11-25(22(2)19-24)31(41)38-15-17-39(18-16-38)32(42)27-8-6-12-35-27/h4-5,9-11,13-14,19-20,27,35H,1,6-8,12,15-18,21H2,2-3H3,(H,36,37)/b34-30-/t27-/m0/s1. The van der Waals surface area contributed by atoms with Gasteiger partial charge in [0.05, 0.1) is 13.2 Å². The first kappa shape index (κ1) is 30.0. The predicted octanol–water partition coefficient (Wildman–Crippen LogP) is 3.73. The van der Waals surface area contributed by atoms with Crippen molar-refractivity contribution in [2.75, 3.05) is 45.2 Å². The summed E-state index contributed by atoms with van der Waals surface area (Å²) < 4.78 is 21.5. The number of benzene rings is 1. The van der Waals surface area contributed by atoms with Crippen molar-refractivity contribution in [2.24, 2.45) is 4.99 Å². The molecule has 43 heavy (non-hydrogen) atoms. The molecule has 1 aromatic heterocycles. The molecule has 226 valence electrons. The predicted molar refractivity (Wildman–Crippen MR) is 163 cm³/mol. The lowest BCUT2D eigenvalue weighted by molar-refractivity contribution is -0.134. The van der Waals surface area contributed by atoms with Gasteiger partial charge < -0.3 is 29.7 Å². The quantitative estimate of drug-likeness (QED) is 0.488. The van der Waals surface area contributed by atoms with Gasteiger partial charge in [0.1, 0.15) is 0 Å². The van der Waals surface area contributed by atoms with Crippen molar-refractivity contribution < 1.29 is 18.7 Å². The second kappa shape index (κ2) is 13.6. The number of halogens is 1. The SMILES string of the molecule is C=C/N=c1/c(Nc2ccc(C(=O)N3CCN(C(=O)[C@@H]4CCCN4)CC3)c(C)c2)nccn1CC1=CC(F)=C(OC)C=CC1. The number of hydrogen-bond acceptors (Lipinski definition) is 7. The van der Waals surface area contributed by atoms with Gasteiger partial charge in [-0.2, -0.15) is 0 Å². The first-order valence-corrected chi connectivity index (χ1v) is 14.6. The number of allylic oxidation sites excluding steroid dienone is 5. The highest BCUT2D eigenvalue weighted by Crippen LogP contribution is 2.22. The first-order valence-electron chi connectivity index (χ1n) is 14.6. The fraction of sp³-hybridized carbons (Fsp3) is 0.375. The molecule has 1 aliphatic carbocycles. The van der Waals surface area contributed by atoms with Crippen molar-refractivity contribution >= 4 is 23.3 Å². The number of anilines is 2. The third-order valence-electron chi connectivity index (χ3n) is 7.91. The molecule has 0 saturated carbocycles. The van der Waals surface area contributed by atoms with Gasteiger partial charge in [-0.1, -0.05) is 12.7 Å². The van der Waals surface area contributed by atoms with Crippen LogP contribution >= 0.6 is 0 Å². The van der Waals surface area contributed by atoms with Crippen molar-refractivity contribution in [1.29, 1.82) is 0 Å². The molecule has 3 heterocycles. The molecule has 0 spiro atoms. The minimum Gasteiger partial charge on any atom is -0.494 e. The van der Waals surface area contributed by atoms with Gasteiger partial charge in [0.25, 0.3) is 5.91 Å². The zero-order valence-electron chi connectivity index (χ0n) is 24.7. The van der Waals surface area contributed by atoms with E-state index in [2.05, 4.69) is 27.2 Å². The smallest absolute Gasteiger partial charge is 0.254 e. The van der Waals surface area contributed by atoms with E-state index in [4.69, 9.17) is 4.74 Å². The summed E-state index contributed by atoms with van der Waals surface area (Å²) in [4.78, 5) is 38.7. The van der Waals surface area contributed by atoms with Crippen LogP contribution in [-0.2, 0) is 16.1 Å². The summed E-state index contributed by atoms with van der Waals surface area (Å²) in [5, 5.41) is 6.58. The van der Waals surface area contributed by atoms with Crippen LogP contribution in [-0.4, -0.2) is 77.0 Å². The van der Waals surface area contributed by atoms with Gasteiger partial charge in [-0.25, -0.2) is 14.4 Å². The Morgan fingerprint density at radius 2 is 2.05 bits per heavy atom. The second-order valence-electron chi connectivity index (χ2n) is 10.8. The van der Waals surface area contributed by atoms with E-state index in [1.807, 2.05) is 45.6 Å². The van der Waals surface area contributed by atoms with Gasteiger partial charge >= 0.3 is 0 Å². The molecule has 11 heteroatoms. The number of hydrogen-bond donors (Lipinski definition) is 2. The van der Waals surface area contributed by atoms with Crippen LogP contribution in [0.1, 0.15) is 35.2 Å². The van der Waals surface area contributed by atoms with Crippen LogP contribution in [0.15, 0.2) is 83.8 Å². The summed E-state index contributed by atoms with van der Waals surface area (Å²) in [6, 6.07) is 5.47. The molecule has 2 aliphatic heterocycles. The normalized spacial score (nSPS) is 19.3. The molecule has 2 fully saturated rings. The van der Waals surface area contributed by atoms with E-state index in [0.29, 0.717) is 56.0 Å². The minimum atomic E-state index is -0.427. The zero-order valence-corrected chi connectivity index (χ0v) is 24.7. The molecular formula is C32H38FN7O3. The number of amides is 2. The monoisotopic (exact) mass is 587 g/mol.